The lowest BCUT2D eigenvalue weighted by atomic mass is 10.2. The van der Waals surface area contributed by atoms with Crippen molar-refractivity contribution in [3.05, 3.63) is 35.9 Å². The Morgan fingerprint density at radius 2 is 1.72 bits per heavy atom. The van der Waals surface area contributed by atoms with Crippen LogP contribution >= 0.6 is 0 Å². The number of hydrogen-bond donors (Lipinski definition) is 0. The number of ether oxygens (including phenoxy) is 3. The zero-order valence-corrected chi connectivity index (χ0v) is 15.3. The summed E-state index contributed by atoms with van der Waals surface area (Å²) in [7, 11) is 1.41. The lowest BCUT2D eigenvalue weighted by Crippen LogP contribution is -2.39. The molecule has 0 unspecified atom stereocenters. The Bertz CT molecular complexity index is 593. The van der Waals surface area contributed by atoms with E-state index in [1.165, 1.54) is 14.0 Å². The van der Waals surface area contributed by atoms with E-state index in [4.69, 9.17) is 14.2 Å². The van der Waals surface area contributed by atoms with Gasteiger partial charge in [-0.1, -0.05) is 30.3 Å². The number of carbonyl (C=O) groups excluding carboxylic acids is 3. The Kier molecular flexibility index (Phi) is 7.42. The van der Waals surface area contributed by atoms with Gasteiger partial charge in [-0.2, -0.15) is 0 Å². The van der Waals surface area contributed by atoms with Gasteiger partial charge < -0.3 is 19.1 Å². The third-order valence-corrected chi connectivity index (χ3v) is 2.94. The van der Waals surface area contributed by atoms with E-state index in [0.717, 1.165) is 10.5 Å². The molecule has 1 aromatic rings. The maximum absolute atomic E-state index is 11.9. The van der Waals surface area contributed by atoms with Crippen molar-refractivity contribution in [2.75, 3.05) is 13.6 Å². The van der Waals surface area contributed by atoms with E-state index in [1.54, 1.807) is 20.8 Å². The molecule has 0 radical (unpaired) electrons. The molecular weight excluding hydrogens is 326 g/mol. The van der Waals surface area contributed by atoms with Crippen LogP contribution in [-0.2, 0) is 30.4 Å². The summed E-state index contributed by atoms with van der Waals surface area (Å²) in [6.45, 7) is 6.36. The fraction of sp³-hybridized carbons (Fsp3) is 0.500. The Hall–Kier alpha value is -2.57. The number of nitrogens with zero attached hydrogens (tertiary/aromatic N) is 1. The first-order chi connectivity index (χ1) is 11.6. The predicted molar refractivity (Wildman–Crippen MR) is 90.7 cm³/mol. The molecule has 0 N–H and O–H groups in total. The number of hydrogen-bond acceptors (Lipinski definition) is 6. The molecule has 0 spiro atoms. The highest BCUT2D eigenvalue weighted by Crippen LogP contribution is 2.09. The summed E-state index contributed by atoms with van der Waals surface area (Å²) in [6, 6.07) is 9.16. The molecular formula is C18H25NO6. The molecule has 0 aliphatic rings. The molecule has 0 bridgehead atoms. The maximum atomic E-state index is 11.9. The second-order valence-electron chi connectivity index (χ2n) is 6.56. The zero-order valence-electron chi connectivity index (χ0n) is 15.3. The minimum absolute atomic E-state index is 0.0966. The topological polar surface area (TPSA) is 82.1 Å². The van der Waals surface area contributed by atoms with Crippen molar-refractivity contribution in [2.45, 2.75) is 46.0 Å². The number of carbonyl (C=O) groups is 3. The molecule has 1 aromatic carbocycles. The minimum atomic E-state index is -1.07. The highest BCUT2D eigenvalue weighted by Gasteiger charge is 2.24. The summed E-state index contributed by atoms with van der Waals surface area (Å²) in [4.78, 5) is 36.5. The first-order valence-electron chi connectivity index (χ1n) is 7.92. The summed E-state index contributed by atoms with van der Waals surface area (Å²) in [5, 5.41) is 0. The van der Waals surface area contributed by atoms with E-state index in [-0.39, 0.29) is 13.2 Å². The first kappa shape index (κ1) is 20.5. The lowest BCUT2D eigenvalue weighted by Gasteiger charge is -2.24. The minimum Gasteiger partial charge on any atom is -0.458 e. The van der Waals surface area contributed by atoms with Crippen LogP contribution < -0.4 is 0 Å². The molecule has 7 nitrogen and oxygen atoms in total. The Balaban J connectivity index is 2.39. The van der Waals surface area contributed by atoms with Crippen molar-refractivity contribution in [1.29, 1.82) is 0 Å². The first-order valence-corrected chi connectivity index (χ1v) is 7.92. The highest BCUT2D eigenvalue weighted by molar-refractivity contribution is 5.82. The zero-order chi connectivity index (χ0) is 19.0. The molecule has 25 heavy (non-hydrogen) atoms. The van der Waals surface area contributed by atoms with Crippen LogP contribution in [-0.4, -0.2) is 48.2 Å². The summed E-state index contributed by atoms with van der Waals surface area (Å²) in [6.07, 6.45) is -1.72. The highest BCUT2D eigenvalue weighted by atomic mass is 16.6. The van der Waals surface area contributed by atoms with E-state index >= 15 is 0 Å². The molecule has 0 saturated carbocycles. The summed E-state index contributed by atoms with van der Waals surface area (Å²) < 4.78 is 15.2. The Morgan fingerprint density at radius 3 is 2.28 bits per heavy atom. The van der Waals surface area contributed by atoms with E-state index < -0.39 is 29.7 Å². The third kappa shape index (κ3) is 8.19. The molecule has 1 rings (SSSR count). The number of likely N-dealkylation sites (N-methyl/N-ethyl adjacent to an activating group) is 1. The SMILES string of the molecule is C[C@@H](OC(=O)CN(C)C(=O)OC(C)(C)C)C(=O)OCc1ccccc1. The van der Waals surface area contributed by atoms with Crippen LogP contribution in [0, 0.1) is 0 Å². The van der Waals surface area contributed by atoms with Gasteiger partial charge in [0.15, 0.2) is 6.10 Å². The standard InChI is InChI=1S/C18H25NO6/c1-13(16(21)23-12-14-9-7-6-8-10-14)24-15(20)11-19(5)17(22)25-18(2,3)4/h6-10,13H,11-12H2,1-5H3/t13-/m1/s1. The summed E-state index contributed by atoms with van der Waals surface area (Å²) >= 11 is 0. The number of amides is 1. The van der Waals surface area contributed by atoms with E-state index in [0.29, 0.717) is 0 Å². The van der Waals surface area contributed by atoms with Gasteiger partial charge in [0.1, 0.15) is 18.8 Å². The quantitative estimate of drug-likeness (QED) is 0.579. The lowest BCUT2D eigenvalue weighted by molar-refractivity contribution is -0.167. The number of benzene rings is 1. The monoisotopic (exact) mass is 351 g/mol. The van der Waals surface area contributed by atoms with Crippen molar-refractivity contribution in [3.8, 4) is 0 Å². The van der Waals surface area contributed by atoms with Crippen molar-refractivity contribution in [3.63, 3.8) is 0 Å². The summed E-state index contributed by atoms with van der Waals surface area (Å²) in [5.74, 6) is -1.38. The van der Waals surface area contributed by atoms with Crippen molar-refractivity contribution in [1.82, 2.24) is 4.90 Å². The fourth-order valence-electron chi connectivity index (χ4n) is 1.73. The number of rotatable bonds is 6. The third-order valence-electron chi connectivity index (χ3n) is 2.94. The van der Waals surface area contributed by atoms with Crippen molar-refractivity contribution < 1.29 is 28.6 Å². The molecule has 0 aliphatic heterocycles. The van der Waals surface area contributed by atoms with E-state index in [9.17, 15) is 14.4 Å². The van der Waals surface area contributed by atoms with Crippen LogP contribution in [0.5, 0.6) is 0 Å². The van der Waals surface area contributed by atoms with Crippen LogP contribution in [0.1, 0.15) is 33.3 Å². The van der Waals surface area contributed by atoms with E-state index in [1.807, 2.05) is 30.3 Å². The Morgan fingerprint density at radius 1 is 1.12 bits per heavy atom. The van der Waals surface area contributed by atoms with Crippen molar-refractivity contribution in [2.24, 2.45) is 0 Å². The molecule has 1 atom stereocenters. The average Bonchev–Trinajstić information content (AvgIpc) is 2.51. The molecule has 0 aliphatic carbocycles. The second-order valence-corrected chi connectivity index (χ2v) is 6.56. The largest absolute Gasteiger partial charge is 0.458 e. The summed E-state index contributed by atoms with van der Waals surface area (Å²) in [5.41, 5.74) is 0.170. The van der Waals surface area contributed by atoms with Crippen LogP contribution in [0.2, 0.25) is 0 Å². The molecule has 0 aromatic heterocycles. The van der Waals surface area contributed by atoms with Gasteiger partial charge in [-0.05, 0) is 33.3 Å². The van der Waals surface area contributed by atoms with Gasteiger partial charge in [-0.15, -0.1) is 0 Å². The predicted octanol–water partition coefficient (Wildman–Crippen LogP) is 2.53. The van der Waals surface area contributed by atoms with Gasteiger partial charge in [0.05, 0.1) is 0 Å². The van der Waals surface area contributed by atoms with E-state index in [2.05, 4.69) is 0 Å². The average molecular weight is 351 g/mol. The molecule has 1 amide bonds. The molecule has 0 saturated heterocycles. The van der Waals surface area contributed by atoms with Crippen LogP contribution in [0.4, 0.5) is 4.79 Å². The van der Waals surface area contributed by atoms with Gasteiger partial charge in [0.25, 0.3) is 0 Å². The second kappa shape index (κ2) is 9.05. The van der Waals surface area contributed by atoms with Gasteiger partial charge in [0.2, 0.25) is 0 Å². The fourth-order valence-corrected chi connectivity index (χ4v) is 1.73. The van der Waals surface area contributed by atoms with Gasteiger partial charge in [-0.25, -0.2) is 9.59 Å². The smallest absolute Gasteiger partial charge is 0.410 e. The van der Waals surface area contributed by atoms with Gasteiger partial charge in [-0.3, -0.25) is 4.79 Å². The van der Waals surface area contributed by atoms with Crippen LogP contribution in [0.15, 0.2) is 30.3 Å². The van der Waals surface area contributed by atoms with Gasteiger partial charge >= 0.3 is 18.0 Å². The number of esters is 2. The molecule has 7 heteroatoms. The molecule has 0 fully saturated rings. The molecule has 138 valence electrons. The Labute approximate surface area is 147 Å². The van der Waals surface area contributed by atoms with Crippen LogP contribution in [0.3, 0.4) is 0 Å². The molecule has 0 heterocycles. The van der Waals surface area contributed by atoms with Gasteiger partial charge in [0, 0.05) is 7.05 Å². The van der Waals surface area contributed by atoms with Crippen LogP contribution in [0.25, 0.3) is 0 Å². The van der Waals surface area contributed by atoms with Crippen molar-refractivity contribution >= 4 is 18.0 Å². The normalized spacial score (nSPS) is 12.0. The maximum Gasteiger partial charge on any atom is 0.410 e.